The summed E-state index contributed by atoms with van der Waals surface area (Å²) in [5.74, 6) is -3.45. The van der Waals surface area contributed by atoms with E-state index < -0.39 is 42.2 Å². The number of esters is 1. The van der Waals surface area contributed by atoms with E-state index in [1.54, 1.807) is 42.5 Å². The number of hydrazine groups is 1. The van der Waals surface area contributed by atoms with Crippen molar-refractivity contribution in [2.24, 2.45) is 0 Å². The zero-order valence-corrected chi connectivity index (χ0v) is 15.4. The largest absolute Gasteiger partial charge is 0.451 e. The number of nitrogens with one attached hydrogen (secondary N) is 2. The second-order valence-electron chi connectivity index (χ2n) is 6.18. The number of amides is 4. The van der Waals surface area contributed by atoms with Gasteiger partial charge < -0.3 is 4.74 Å². The monoisotopic (exact) mass is 395 g/mol. The molecule has 29 heavy (non-hydrogen) atoms. The lowest BCUT2D eigenvalue weighted by Gasteiger charge is -2.17. The van der Waals surface area contributed by atoms with Crippen LogP contribution in [-0.4, -0.2) is 47.1 Å². The van der Waals surface area contributed by atoms with Crippen molar-refractivity contribution in [3.63, 3.8) is 0 Å². The molecule has 1 atom stereocenters. The number of imide groups is 1. The third-order valence-electron chi connectivity index (χ3n) is 4.18. The Balaban J connectivity index is 1.50. The molecule has 0 radical (unpaired) electrons. The lowest BCUT2D eigenvalue weighted by molar-refractivity contribution is -0.155. The summed E-state index contributed by atoms with van der Waals surface area (Å²) < 4.78 is 4.96. The molecule has 2 aromatic rings. The first-order valence-electron chi connectivity index (χ1n) is 8.68. The maximum atomic E-state index is 12.2. The average Bonchev–Trinajstić information content (AvgIpc) is 2.97. The first kappa shape index (κ1) is 19.7. The minimum absolute atomic E-state index is 0.208. The van der Waals surface area contributed by atoms with Gasteiger partial charge >= 0.3 is 5.97 Å². The molecular weight excluding hydrogens is 378 g/mol. The van der Waals surface area contributed by atoms with E-state index in [1.165, 1.54) is 19.1 Å². The van der Waals surface area contributed by atoms with Crippen molar-refractivity contribution in [2.45, 2.75) is 13.0 Å². The van der Waals surface area contributed by atoms with Crippen molar-refractivity contribution >= 4 is 29.6 Å². The Labute approximate surface area is 165 Å². The van der Waals surface area contributed by atoms with Gasteiger partial charge in [0, 0.05) is 5.56 Å². The number of carbonyl (C=O) groups excluding carboxylic acids is 5. The standard InChI is InChI=1S/C20H17N3O6/c1-12(17(25)21-22-18(26)13-7-3-2-4-8-13)29-16(24)11-23-19(27)14-9-5-6-10-15(14)20(23)28/h2-10,12H,11H2,1H3,(H,21,25)(H,22,26)/t12-/m1/s1. The summed E-state index contributed by atoms with van der Waals surface area (Å²) in [6, 6.07) is 14.4. The van der Waals surface area contributed by atoms with Crippen molar-refractivity contribution < 1.29 is 28.7 Å². The van der Waals surface area contributed by atoms with Crippen LogP contribution in [0.1, 0.15) is 38.0 Å². The molecule has 148 valence electrons. The van der Waals surface area contributed by atoms with Crippen LogP contribution in [0.3, 0.4) is 0 Å². The van der Waals surface area contributed by atoms with Crippen LogP contribution in [0.4, 0.5) is 0 Å². The Hall–Kier alpha value is -4.01. The Bertz CT molecular complexity index is 954. The highest BCUT2D eigenvalue weighted by atomic mass is 16.5. The Morgan fingerprint density at radius 3 is 2.03 bits per heavy atom. The normalized spacial score (nSPS) is 13.5. The molecular formula is C20H17N3O6. The molecule has 9 nitrogen and oxygen atoms in total. The second kappa shape index (κ2) is 8.34. The summed E-state index contributed by atoms with van der Waals surface area (Å²) in [5, 5.41) is 0. The van der Waals surface area contributed by atoms with E-state index >= 15 is 0 Å². The predicted octanol–water partition coefficient (Wildman–Crippen LogP) is 0.676. The average molecular weight is 395 g/mol. The van der Waals surface area contributed by atoms with Crippen LogP contribution in [0.5, 0.6) is 0 Å². The van der Waals surface area contributed by atoms with Crippen molar-refractivity contribution in [3.8, 4) is 0 Å². The number of carbonyl (C=O) groups is 5. The second-order valence-corrected chi connectivity index (χ2v) is 6.18. The minimum Gasteiger partial charge on any atom is -0.451 e. The van der Waals surface area contributed by atoms with Crippen LogP contribution in [0.25, 0.3) is 0 Å². The van der Waals surface area contributed by atoms with E-state index in [1.807, 2.05) is 0 Å². The molecule has 9 heteroatoms. The number of nitrogens with zero attached hydrogens (tertiary/aromatic N) is 1. The number of hydrogen-bond donors (Lipinski definition) is 2. The molecule has 0 bridgehead atoms. The van der Waals surface area contributed by atoms with Crippen LogP contribution in [0.2, 0.25) is 0 Å². The molecule has 0 fully saturated rings. The van der Waals surface area contributed by atoms with Crippen molar-refractivity contribution in [3.05, 3.63) is 71.3 Å². The first-order chi connectivity index (χ1) is 13.9. The van der Waals surface area contributed by atoms with Gasteiger partial charge in [-0.05, 0) is 31.2 Å². The maximum Gasteiger partial charge on any atom is 0.326 e. The summed E-state index contributed by atoms with van der Waals surface area (Å²) in [4.78, 5) is 61.2. The fourth-order valence-electron chi connectivity index (χ4n) is 2.68. The van der Waals surface area contributed by atoms with Crippen LogP contribution in [0, 0.1) is 0 Å². The van der Waals surface area contributed by atoms with Gasteiger partial charge in [0.2, 0.25) is 0 Å². The minimum atomic E-state index is -1.26. The molecule has 0 aliphatic carbocycles. The highest BCUT2D eigenvalue weighted by molar-refractivity contribution is 6.22. The molecule has 0 unspecified atom stereocenters. The Morgan fingerprint density at radius 2 is 1.45 bits per heavy atom. The molecule has 2 aromatic carbocycles. The highest BCUT2D eigenvalue weighted by Crippen LogP contribution is 2.22. The molecule has 0 saturated carbocycles. The van der Waals surface area contributed by atoms with Crippen molar-refractivity contribution in [1.29, 1.82) is 0 Å². The summed E-state index contributed by atoms with van der Waals surface area (Å²) >= 11 is 0. The van der Waals surface area contributed by atoms with Gasteiger partial charge in [0.15, 0.2) is 6.10 Å². The summed E-state index contributed by atoms with van der Waals surface area (Å²) in [7, 11) is 0. The maximum absolute atomic E-state index is 12.2. The summed E-state index contributed by atoms with van der Waals surface area (Å²) in [5.41, 5.74) is 5.10. The lowest BCUT2D eigenvalue weighted by Crippen LogP contribution is -2.47. The molecule has 2 N–H and O–H groups in total. The zero-order valence-electron chi connectivity index (χ0n) is 15.4. The lowest BCUT2D eigenvalue weighted by atomic mass is 10.1. The van der Waals surface area contributed by atoms with Crippen molar-refractivity contribution in [1.82, 2.24) is 15.8 Å². The van der Waals surface area contributed by atoms with Crippen LogP contribution in [0.15, 0.2) is 54.6 Å². The third kappa shape index (κ3) is 4.29. The number of rotatable bonds is 5. The first-order valence-corrected chi connectivity index (χ1v) is 8.68. The number of benzene rings is 2. The molecule has 1 aliphatic heterocycles. The number of hydrogen-bond acceptors (Lipinski definition) is 6. The number of ether oxygens (including phenoxy) is 1. The van der Waals surface area contributed by atoms with E-state index in [9.17, 15) is 24.0 Å². The summed E-state index contributed by atoms with van der Waals surface area (Å²) in [6.07, 6.45) is -1.26. The molecule has 3 rings (SSSR count). The fourth-order valence-corrected chi connectivity index (χ4v) is 2.68. The van der Waals surface area contributed by atoms with Gasteiger partial charge in [-0.15, -0.1) is 0 Å². The van der Waals surface area contributed by atoms with E-state index in [0.717, 1.165) is 4.90 Å². The summed E-state index contributed by atoms with van der Waals surface area (Å²) in [6.45, 7) is 0.671. The molecule has 4 amide bonds. The fraction of sp³-hybridized carbons (Fsp3) is 0.150. The van der Waals surface area contributed by atoms with Gasteiger partial charge in [0.05, 0.1) is 11.1 Å². The third-order valence-corrected chi connectivity index (χ3v) is 4.18. The highest BCUT2D eigenvalue weighted by Gasteiger charge is 2.37. The van der Waals surface area contributed by atoms with Crippen molar-refractivity contribution in [2.75, 3.05) is 6.54 Å². The van der Waals surface area contributed by atoms with Crippen LogP contribution in [-0.2, 0) is 14.3 Å². The zero-order chi connectivity index (χ0) is 21.0. The molecule has 1 aliphatic rings. The van der Waals surface area contributed by atoms with Gasteiger partial charge in [-0.2, -0.15) is 0 Å². The van der Waals surface area contributed by atoms with Crippen LogP contribution < -0.4 is 10.9 Å². The molecule has 0 aromatic heterocycles. The SMILES string of the molecule is C[C@@H](OC(=O)CN1C(=O)c2ccccc2C1=O)C(=O)NNC(=O)c1ccccc1. The Kier molecular flexibility index (Phi) is 5.68. The van der Waals surface area contributed by atoms with Gasteiger partial charge in [-0.3, -0.25) is 39.7 Å². The molecule has 1 heterocycles. The quantitative estimate of drug-likeness (QED) is 0.436. The molecule has 0 saturated heterocycles. The van der Waals surface area contributed by atoms with Crippen LogP contribution >= 0.6 is 0 Å². The Morgan fingerprint density at radius 1 is 0.897 bits per heavy atom. The van der Waals surface area contributed by atoms with Gasteiger partial charge in [0.1, 0.15) is 6.54 Å². The number of fused-ring (bicyclic) bond motifs is 1. The smallest absolute Gasteiger partial charge is 0.326 e. The van der Waals surface area contributed by atoms with Gasteiger partial charge in [0.25, 0.3) is 23.6 Å². The topological polar surface area (TPSA) is 122 Å². The van der Waals surface area contributed by atoms with E-state index in [-0.39, 0.29) is 11.1 Å². The van der Waals surface area contributed by atoms with E-state index in [2.05, 4.69) is 10.9 Å². The predicted molar refractivity (Wildman–Crippen MR) is 99.4 cm³/mol. The van der Waals surface area contributed by atoms with E-state index in [0.29, 0.717) is 5.56 Å². The van der Waals surface area contributed by atoms with E-state index in [4.69, 9.17) is 4.74 Å². The molecule has 0 spiro atoms. The van der Waals surface area contributed by atoms with Gasteiger partial charge in [-0.25, -0.2) is 0 Å². The van der Waals surface area contributed by atoms with Gasteiger partial charge in [-0.1, -0.05) is 30.3 Å².